The predicted octanol–water partition coefficient (Wildman–Crippen LogP) is 3.53. The summed E-state index contributed by atoms with van der Waals surface area (Å²) in [6.07, 6.45) is 0. The summed E-state index contributed by atoms with van der Waals surface area (Å²) in [6, 6.07) is 0. The molecule has 0 aliphatic rings. The van der Waals surface area contributed by atoms with E-state index in [1.807, 2.05) is 0 Å². The van der Waals surface area contributed by atoms with Gasteiger partial charge < -0.3 is 0 Å². The van der Waals surface area contributed by atoms with Crippen molar-refractivity contribution in [3.05, 3.63) is 0 Å². The highest BCUT2D eigenvalue weighted by Gasteiger charge is -0.0746. The molecule has 0 bridgehead atoms. The molecule has 0 aliphatic heterocycles. The summed E-state index contributed by atoms with van der Waals surface area (Å²) in [5, 5.41) is 0. The molecule has 0 atom stereocenters. The molecule has 0 rings (SSSR count). The van der Waals surface area contributed by atoms with E-state index >= 15 is 0 Å². The van der Waals surface area contributed by atoms with Gasteiger partial charge in [0.2, 0.25) is 0 Å². The third kappa shape index (κ3) is 0. The van der Waals surface area contributed by atoms with Gasteiger partial charge in [0, 0.05) is 8.79 Å². The molecule has 0 nitrogen and oxygen atoms in total. The molecule has 0 saturated heterocycles. The maximum atomic E-state index is 5.00. The lowest BCUT2D eigenvalue weighted by atomic mass is 12.0. The summed E-state index contributed by atoms with van der Waals surface area (Å²) >= 11 is 0. The van der Waals surface area contributed by atoms with Gasteiger partial charge in [0.15, 0.2) is 0 Å². The predicted molar refractivity (Wildman–Crippen MR) is 35.4 cm³/mol. The molecule has 0 unspecified atom stereocenters. The lowest BCUT2D eigenvalue weighted by molar-refractivity contribution is 2.50. The van der Waals surface area contributed by atoms with Crippen LogP contribution in [-0.2, 0) is 0 Å². The van der Waals surface area contributed by atoms with Crippen molar-refractivity contribution in [2.45, 2.75) is 29.7 Å². The van der Waals surface area contributed by atoms with E-state index < -0.39 is 0 Å². The molecule has 4 heavy (non-hydrogen) atoms. The van der Waals surface area contributed by atoms with Crippen LogP contribution in [0.3, 0.4) is 0 Å². The Labute approximate surface area is 40.0 Å². The van der Waals surface area contributed by atoms with Crippen LogP contribution >= 0.6 is 0 Å². The molecule has 0 heteroatoms. The molecule has 0 fully saturated rings. The van der Waals surface area contributed by atoms with Crippen LogP contribution in [0.5, 0.6) is 0 Å². The van der Waals surface area contributed by atoms with Crippen LogP contribution in [-0.4, -0.2) is 0 Å². The summed E-state index contributed by atoms with van der Waals surface area (Å²) in [7, 11) is 0. The summed E-state index contributed by atoms with van der Waals surface area (Å²) in [6.45, 7) is 0. The van der Waals surface area contributed by atoms with Crippen molar-refractivity contribution in [2.75, 3.05) is 0 Å². The number of hydrogen-bond donors (Lipinski definition) is 0. The third-order valence-electron chi connectivity index (χ3n) is 0. The minimum atomic E-state index is 0. The fraction of sp³-hybridized carbons (Fsp3) is 1.00. The Morgan fingerprint density at radius 1 is 0.750 bits per heavy atom. The Hall–Kier alpha value is 0. The first-order valence-corrected chi connectivity index (χ1v) is 0. The van der Waals surface area contributed by atoms with Gasteiger partial charge in [-0.25, -0.2) is 0 Å². The monoisotopic (exact) mass is 84.2 g/mol. The van der Waals surface area contributed by atoms with Crippen molar-refractivity contribution >= 4 is 0 Å². The second-order valence-electron chi connectivity index (χ2n) is 0. The van der Waals surface area contributed by atoms with Crippen LogP contribution in [0.15, 0.2) is 0 Å². The summed E-state index contributed by atoms with van der Waals surface area (Å²) < 4.78 is 20.0. The minimum absolute atomic E-state index is 0. The number of hydrogen-bond acceptors (Lipinski definition) is 0. The molecule has 0 heterocycles. The van der Waals surface area contributed by atoms with Gasteiger partial charge >= 0.3 is 0 Å². The second-order valence-corrected chi connectivity index (χ2v) is 0. The van der Waals surface area contributed by atoms with E-state index in [1.54, 1.807) is 0 Å². The summed E-state index contributed by atoms with van der Waals surface area (Å²) in [5.74, 6) is 0. The lowest BCUT2D eigenvalue weighted by Gasteiger charge is -0.0786. The fourth-order valence-corrected chi connectivity index (χ4v) is 0. The van der Waals surface area contributed by atoms with Crippen molar-refractivity contribution in [3.63, 3.8) is 0 Å². The Kier molecular flexibility index (Phi) is 0. The molecular formula is C4H24. The van der Waals surface area contributed by atoms with Crippen LogP contribution < -0.4 is 0 Å². The van der Waals surface area contributed by atoms with Crippen LogP contribution in [0.2, 0.25) is 0 Å². The van der Waals surface area contributed by atoms with Crippen molar-refractivity contribution < 1.29 is 8.79 Å². The molecule has 0 aromatic carbocycles. The SMILES string of the molecule is C.C.C.C.[3HH].[3HH].[3H][3H].[3H][3H]. The van der Waals surface area contributed by atoms with E-state index in [0.29, 0.717) is 0 Å². The van der Waals surface area contributed by atoms with E-state index in [4.69, 9.17) is 5.94 Å². The van der Waals surface area contributed by atoms with E-state index in [-0.39, 0.29) is 32.6 Å². The molecule has 0 aromatic heterocycles. The standard InChI is InChI=1S/4CH4.4H2/h4*1H4;4*1H/i;;;;2*1+2T;2*1+2. The van der Waals surface area contributed by atoms with E-state index in [2.05, 4.69) is 0 Å². The fourth-order valence-electron chi connectivity index (χ4n) is 0. The largest absolute Gasteiger partial charge is 0.0776 e. The highest BCUT2D eigenvalue weighted by atomic mass is 12.0. The van der Waals surface area contributed by atoms with Crippen LogP contribution in [0.25, 0.3) is 0 Å². The van der Waals surface area contributed by atoms with Gasteiger partial charge in [-0.1, -0.05) is 29.7 Å². The van der Waals surface area contributed by atoms with Crippen LogP contribution in [0.4, 0.5) is 0 Å². The maximum Gasteiger partial charge on any atom is 0 e. The first-order valence-electron chi connectivity index (χ1n) is 2.00. The van der Waals surface area contributed by atoms with E-state index in [9.17, 15) is 0 Å². The Bertz CT molecular complexity index is 9.71. The van der Waals surface area contributed by atoms with Gasteiger partial charge in [-0.3, -0.25) is 0 Å². The molecule has 0 amide bonds. The topological polar surface area (TPSA) is 0 Å². The van der Waals surface area contributed by atoms with E-state index in [0.717, 1.165) is 0 Å². The molecule has 0 spiro atoms. The molecule has 0 saturated carbocycles. The zero-order chi connectivity index (χ0) is 4.00. The van der Waals surface area contributed by atoms with Crippen LogP contribution in [0, 0.1) is 0 Å². The van der Waals surface area contributed by atoms with Gasteiger partial charge in [0.05, 0.1) is 0 Å². The molecule has 0 aliphatic carbocycles. The van der Waals surface area contributed by atoms with Crippen molar-refractivity contribution in [3.8, 4) is 0 Å². The average molecular weight is 84.3 g/mol. The molecule has 0 radical (unpaired) electrons. The normalized spacial score (nSPS) is 4.00. The number of rotatable bonds is 0. The first kappa shape index (κ1) is 9.00. The highest BCUT2D eigenvalue weighted by molar-refractivity contribution is 2.51. The summed E-state index contributed by atoms with van der Waals surface area (Å²) in [5.41, 5.74) is 0. The molecule has 40 valence electrons. The Balaban J connectivity index is -0.000000000833. The minimum Gasteiger partial charge on any atom is -0.0776 e. The third-order valence-corrected chi connectivity index (χ3v) is 0. The maximum absolute atomic E-state index is 5.00. The van der Waals surface area contributed by atoms with Crippen molar-refractivity contribution in [1.29, 1.82) is 0 Å². The Morgan fingerprint density at radius 2 is 0.750 bits per heavy atom. The lowest BCUT2D eigenvalue weighted by Crippen LogP contribution is 0.143. The van der Waals surface area contributed by atoms with Gasteiger partial charge in [-0.2, -0.15) is 0 Å². The van der Waals surface area contributed by atoms with E-state index in [1.165, 1.54) is 0 Å². The molecule has 0 N–H and O–H groups in total. The quantitative estimate of drug-likeness (QED) is 0.421. The zero-order valence-electron chi connectivity index (χ0n) is 4.00. The smallest absolute Gasteiger partial charge is 0 e. The van der Waals surface area contributed by atoms with Crippen molar-refractivity contribution in [2.24, 2.45) is 0 Å². The Morgan fingerprint density at radius 3 is 0.750 bits per heavy atom. The summed E-state index contributed by atoms with van der Waals surface area (Å²) in [4.78, 5) is 0. The zero-order valence-corrected chi connectivity index (χ0v) is 0. The van der Waals surface area contributed by atoms with Gasteiger partial charge in [-0.15, -0.1) is 0 Å². The van der Waals surface area contributed by atoms with Gasteiger partial charge in [0.25, 0.3) is 0 Å². The van der Waals surface area contributed by atoms with Crippen LogP contribution in [0.1, 0.15) is 38.5 Å². The molecular weight excluding hydrogens is 48.0 g/mol. The van der Waals surface area contributed by atoms with Gasteiger partial charge in [-0.05, 0) is 0 Å². The molecule has 0 aromatic rings. The van der Waals surface area contributed by atoms with Crippen molar-refractivity contribution in [1.82, 2.24) is 0 Å². The highest BCUT2D eigenvalue weighted by Crippen LogP contribution is 0.147. The second kappa shape index (κ2) is 0. The van der Waals surface area contributed by atoms with Gasteiger partial charge in [0.1, 0.15) is 0 Å². The first-order chi connectivity index (χ1) is 2.00. The average Bonchev–Trinajstić information content (AvgIpc) is 1.50.